The zero-order valence-corrected chi connectivity index (χ0v) is 40.8. The predicted octanol–water partition coefficient (Wildman–Crippen LogP) is 6.42. The van der Waals surface area contributed by atoms with Crippen LogP contribution >= 0.6 is 11.3 Å². The van der Waals surface area contributed by atoms with Gasteiger partial charge in [0.05, 0.1) is 34.7 Å². The molecule has 0 unspecified atom stereocenters. The van der Waals surface area contributed by atoms with E-state index in [-0.39, 0.29) is 42.3 Å². The number of nitrogens with one attached hydrogen (secondary N) is 2. The molecule has 6 heterocycles. The number of aromatic nitrogens is 3. The lowest BCUT2D eigenvalue weighted by molar-refractivity contribution is -0.155. The van der Waals surface area contributed by atoms with Gasteiger partial charge in [-0.3, -0.25) is 29.2 Å². The van der Waals surface area contributed by atoms with E-state index in [4.69, 9.17) is 14.7 Å². The van der Waals surface area contributed by atoms with Gasteiger partial charge in [-0.2, -0.15) is 0 Å². The van der Waals surface area contributed by atoms with Crippen molar-refractivity contribution >= 4 is 52.0 Å². The minimum Gasteiger partial charge on any atom is -0.464 e. The first kappa shape index (κ1) is 47.6. The van der Waals surface area contributed by atoms with Crippen molar-refractivity contribution in [2.24, 2.45) is 11.3 Å². The number of benzene rings is 1. The molecular formula is C49H67N9O6S. The van der Waals surface area contributed by atoms with E-state index in [0.717, 1.165) is 51.2 Å². The van der Waals surface area contributed by atoms with Gasteiger partial charge in [0.15, 0.2) is 0 Å². The number of carbonyl (C=O) groups excluding carboxylic acids is 5. The quantitative estimate of drug-likeness (QED) is 0.190. The minimum absolute atomic E-state index is 0.0365. The molecule has 0 spiro atoms. The van der Waals surface area contributed by atoms with Crippen LogP contribution in [0.2, 0.25) is 0 Å². The number of fused-ring (bicyclic) bond motifs is 6. The Morgan fingerprint density at radius 1 is 1.09 bits per heavy atom. The standard InChI is InChI=1S/C49H67N9O6S/c1-12-40(59)56-25-31(26-56)54(10)47(63)55(11)41(29(3)4)44(60)52-36-23-39-51-37(27-65-39)30-18-19-38-33(22-30)34(42(57(38)13-2)32-16-14-20-50-43(32)48(5,6)7)24-49(8,9)28-64-46(62)35-17-15-21-58(53-35)45(36)61/h14,16,18-20,22,27,29,31,35-36,41,53H,12-13,15,17,21,23-26,28H2,1-11H3,(H,52,60)/t35-,36-,41-/m0/s1. The van der Waals surface area contributed by atoms with E-state index in [1.165, 1.54) is 21.2 Å². The van der Waals surface area contributed by atoms with Gasteiger partial charge in [0.1, 0.15) is 18.1 Å². The van der Waals surface area contributed by atoms with Crippen LogP contribution in [0.3, 0.4) is 0 Å². The highest BCUT2D eigenvalue weighted by molar-refractivity contribution is 7.10. The summed E-state index contributed by atoms with van der Waals surface area (Å²) in [7, 11) is 3.28. The van der Waals surface area contributed by atoms with E-state index in [9.17, 15) is 24.0 Å². The number of rotatable bonds is 8. The van der Waals surface area contributed by atoms with Gasteiger partial charge in [0.2, 0.25) is 11.8 Å². The minimum atomic E-state index is -1.07. The summed E-state index contributed by atoms with van der Waals surface area (Å²) in [5, 5.41) is 8.17. The number of carbonyl (C=O) groups is 5. The predicted molar refractivity (Wildman–Crippen MR) is 253 cm³/mol. The first-order valence-corrected chi connectivity index (χ1v) is 24.0. The number of cyclic esters (lactones) is 1. The largest absolute Gasteiger partial charge is 0.464 e. The number of amides is 5. The van der Waals surface area contributed by atoms with E-state index in [0.29, 0.717) is 50.3 Å². The van der Waals surface area contributed by atoms with Crippen LogP contribution in [0.5, 0.6) is 0 Å². The van der Waals surface area contributed by atoms with Gasteiger partial charge in [0, 0.05) is 97.6 Å². The molecule has 0 saturated carbocycles. The molecule has 3 aliphatic rings. The molecule has 2 saturated heterocycles. The third kappa shape index (κ3) is 9.79. The van der Waals surface area contributed by atoms with Gasteiger partial charge in [-0.15, -0.1) is 11.3 Å². The summed E-state index contributed by atoms with van der Waals surface area (Å²) in [4.78, 5) is 83.8. The van der Waals surface area contributed by atoms with Crippen molar-refractivity contribution in [2.45, 2.75) is 131 Å². The van der Waals surface area contributed by atoms with Gasteiger partial charge in [0.25, 0.3) is 5.91 Å². The molecule has 0 radical (unpaired) electrons. The van der Waals surface area contributed by atoms with Crippen LogP contribution < -0.4 is 10.7 Å². The molecule has 2 N–H and O–H groups in total. The topological polar surface area (TPSA) is 162 Å². The van der Waals surface area contributed by atoms with Crippen molar-refractivity contribution in [3.05, 3.63) is 58.2 Å². The van der Waals surface area contributed by atoms with Gasteiger partial charge in [-0.1, -0.05) is 61.5 Å². The molecule has 6 bridgehead atoms. The molecule has 1 aromatic carbocycles. The summed E-state index contributed by atoms with van der Waals surface area (Å²) in [5.74, 6) is -1.61. The van der Waals surface area contributed by atoms with E-state index < -0.39 is 41.3 Å². The fraction of sp³-hybridized carbons (Fsp3) is 0.571. The Morgan fingerprint density at radius 3 is 2.51 bits per heavy atom. The molecular weight excluding hydrogens is 843 g/mol. The van der Waals surface area contributed by atoms with E-state index in [1.807, 2.05) is 38.4 Å². The van der Waals surface area contributed by atoms with Crippen LogP contribution in [-0.2, 0) is 48.7 Å². The van der Waals surface area contributed by atoms with Crippen molar-refractivity contribution < 1.29 is 28.7 Å². The first-order valence-electron chi connectivity index (χ1n) is 23.1. The van der Waals surface area contributed by atoms with E-state index in [2.05, 4.69) is 81.1 Å². The number of ether oxygens (including phenoxy) is 1. The Kier molecular flexibility index (Phi) is 13.8. The second-order valence-electron chi connectivity index (χ2n) is 20.1. The van der Waals surface area contributed by atoms with E-state index >= 15 is 0 Å². The molecule has 3 aromatic heterocycles. The van der Waals surface area contributed by atoms with Crippen molar-refractivity contribution in [1.82, 2.24) is 45.0 Å². The van der Waals surface area contributed by atoms with Crippen molar-refractivity contribution in [3.8, 4) is 22.5 Å². The Balaban J connectivity index is 1.26. The number of hydrogen-bond acceptors (Lipinski definition) is 10. The number of pyridine rings is 1. The Labute approximate surface area is 387 Å². The average Bonchev–Trinajstić information content (AvgIpc) is 3.84. The van der Waals surface area contributed by atoms with Crippen LogP contribution in [0.25, 0.3) is 33.4 Å². The van der Waals surface area contributed by atoms with Crippen molar-refractivity contribution in [1.29, 1.82) is 0 Å². The lowest BCUT2D eigenvalue weighted by Gasteiger charge is -2.45. The van der Waals surface area contributed by atoms with Crippen LogP contribution in [0.4, 0.5) is 4.79 Å². The molecule has 16 heteroatoms. The highest BCUT2D eigenvalue weighted by Crippen LogP contribution is 2.42. The molecule has 4 aromatic rings. The Hall–Kier alpha value is -5.35. The molecule has 3 atom stereocenters. The Morgan fingerprint density at radius 2 is 1.83 bits per heavy atom. The molecule has 5 amide bonds. The maximum absolute atomic E-state index is 14.6. The van der Waals surface area contributed by atoms with Gasteiger partial charge in [-0.05, 0) is 61.9 Å². The second-order valence-corrected chi connectivity index (χ2v) is 21.0. The number of thiazole rings is 1. The molecule has 7 rings (SSSR count). The second kappa shape index (κ2) is 18.9. The number of hydrazine groups is 1. The lowest BCUT2D eigenvalue weighted by atomic mass is 9.82. The summed E-state index contributed by atoms with van der Waals surface area (Å²) in [6.45, 7) is 20.5. The lowest BCUT2D eigenvalue weighted by Crippen LogP contribution is -2.65. The van der Waals surface area contributed by atoms with Gasteiger partial charge < -0.3 is 29.3 Å². The van der Waals surface area contributed by atoms with Crippen molar-refractivity contribution in [3.63, 3.8) is 0 Å². The number of likely N-dealkylation sites (tertiary alicyclic amines) is 1. The molecule has 350 valence electrons. The van der Waals surface area contributed by atoms with Crippen LogP contribution in [0.1, 0.15) is 97.8 Å². The number of likely N-dealkylation sites (N-methyl/N-ethyl adjacent to an activating group) is 2. The maximum Gasteiger partial charge on any atom is 0.324 e. The smallest absolute Gasteiger partial charge is 0.324 e. The molecule has 2 fully saturated rings. The number of hydrogen-bond donors (Lipinski definition) is 2. The zero-order chi connectivity index (χ0) is 47.1. The summed E-state index contributed by atoms with van der Waals surface area (Å²) in [6.07, 6.45) is 3.98. The summed E-state index contributed by atoms with van der Waals surface area (Å²) in [5.41, 5.74) is 9.51. The molecule has 3 aliphatic heterocycles. The third-order valence-corrected chi connectivity index (χ3v) is 14.0. The highest BCUT2D eigenvalue weighted by Gasteiger charge is 2.41. The number of urea groups is 1. The normalized spacial score (nSPS) is 19.9. The summed E-state index contributed by atoms with van der Waals surface area (Å²) < 4.78 is 8.49. The third-order valence-electron chi connectivity index (χ3n) is 13.1. The number of nitrogens with zero attached hydrogens (tertiary/aromatic N) is 7. The SMILES string of the molecule is CCC(=O)N1CC(N(C)C(=O)N(C)[C@H](C(=O)N[C@H]2Cc3nc(cs3)-c3ccc4c(c3)c(c(-c3cccnc3C(C)(C)C)n4CC)CC(C)(C)COC(=O)[C@@H]3CCCN(N3)C2=O)C(C)C)C1. The highest BCUT2D eigenvalue weighted by atomic mass is 32.1. The monoisotopic (exact) mass is 909 g/mol. The van der Waals surface area contributed by atoms with E-state index in [1.54, 1.807) is 23.9 Å². The molecule has 0 aliphatic carbocycles. The molecule has 15 nitrogen and oxygen atoms in total. The number of aryl methyl sites for hydroxylation is 1. The van der Waals surface area contributed by atoms with Gasteiger partial charge >= 0.3 is 12.0 Å². The summed E-state index contributed by atoms with van der Waals surface area (Å²) >= 11 is 1.42. The van der Waals surface area contributed by atoms with Crippen LogP contribution in [0.15, 0.2) is 41.9 Å². The first-order chi connectivity index (χ1) is 30.7. The fourth-order valence-corrected chi connectivity index (χ4v) is 10.4. The average molecular weight is 910 g/mol. The number of esters is 1. The van der Waals surface area contributed by atoms with Gasteiger partial charge in [-0.25, -0.2) is 15.2 Å². The van der Waals surface area contributed by atoms with Crippen LogP contribution in [0, 0.1) is 11.3 Å². The van der Waals surface area contributed by atoms with Crippen LogP contribution in [-0.4, -0.2) is 128 Å². The zero-order valence-electron chi connectivity index (χ0n) is 40.0. The Bertz CT molecular complexity index is 2450. The van der Waals surface area contributed by atoms with Crippen molar-refractivity contribution in [2.75, 3.05) is 40.3 Å². The molecule has 65 heavy (non-hydrogen) atoms. The maximum atomic E-state index is 14.6. The fourth-order valence-electron chi connectivity index (χ4n) is 9.54. The summed E-state index contributed by atoms with van der Waals surface area (Å²) in [6, 6.07) is 7.30.